The predicted octanol–water partition coefficient (Wildman–Crippen LogP) is 5.16. The third-order valence-corrected chi connectivity index (χ3v) is 9.20. The fraction of sp³-hybridized carbons (Fsp3) is 0.480. The van der Waals surface area contributed by atoms with Crippen LogP contribution in [0.5, 0.6) is 5.75 Å². The number of rotatable bonds is 11. The number of fused-ring (bicyclic) bond motifs is 1. The number of nitrogens with one attached hydrogen (secondary N) is 3. The summed E-state index contributed by atoms with van der Waals surface area (Å²) in [5.41, 5.74) is 1.00. The van der Waals surface area contributed by atoms with E-state index in [0.29, 0.717) is 23.6 Å². The summed E-state index contributed by atoms with van der Waals surface area (Å²) in [6.45, 7) is 1.41. The summed E-state index contributed by atoms with van der Waals surface area (Å²) in [5.74, 6) is -0.202. The first kappa shape index (κ1) is 27.8. The second kappa shape index (κ2) is 12.1. The van der Waals surface area contributed by atoms with Gasteiger partial charge in [0, 0.05) is 12.1 Å². The number of hydrogen-bond donors (Lipinski definition) is 3. The molecule has 0 amide bonds. The molecule has 0 bridgehead atoms. The molecule has 0 unspecified atom stereocenters. The lowest BCUT2D eigenvalue weighted by molar-refractivity contribution is 0.211. The molecule has 37 heavy (non-hydrogen) atoms. The number of aromatic nitrogens is 1. The van der Waals surface area contributed by atoms with Crippen LogP contribution in [0.2, 0.25) is 5.02 Å². The molecule has 1 fully saturated rings. The lowest BCUT2D eigenvalue weighted by atomic mass is 9.89. The van der Waals surface area contributed by atoms with Crippen LogP contribution in [-0.2, 0) is 10.0 Å². The van der Waals surface area contributed by atoms with E-state index in [4.69, 9.17) is 16.3 Å². The Balaban J connectivity index is 1.50. The van der Waals surface area contributed by atoms with Crippen LogP contribution in [0, 0.1) is 5.82 Å². The fourth-order valence-electron chi connectivity index (χ4n) is 4.59. The lowest BCUT2D eigenvalue weighted by Gasteiger charge is -2.37. The zero-order chi connectivity index (χ0) is 26.6. The Morgan fingerprint density at radius 1 is 1.22 bits per heavy atom. The van der Waals surface area contributed by atoms with Crippen LogP contribution < -0.4 is 20.1 Å². The zero-order valence-electron chi connectivity index (χ0n) is 21.2. The van der Waals surface area contributed by atoms with E-state index >= 15 is 4.39 Å². The molecule has 1 aromatic heterocycles. The van der Waals surface area contributed by atoms with Crippen LogP contribution in [0.15, 0.2) is 35.2 Å². The van der Waals surface area contributed by atoms with Gasteiger partial charge in [0.2, 0.25) is 0 Å². The van der Waals surface area contributed by atoms with Gasteiger partial charge in [0.05, 0.1) is 27.5 Å². The maximum Gasteiger partial charge on any atom is 0.266 e. The molecule has 1 saturated carbocycles. The zero-order valence-corrected chi connectivity index (χ0v) is 23.6. The summed E-state index contributed by atoms with van der Waals surface area (Å²) in [6.07, 6.45) is 5.05. The van der Waals surface area contributed by atoms with E-state index in [-0.39, 0.29) is 22.2 Å². The summed E-state index contributed by atoms with van der Waals surface area (Å²) in [5, 5.41) is 6.69. The van der Waals surface area contributed by atoms with E-state index < -0.39 is 20.7 Å². The molecule has 2 aromatic carbocycles. The minimum atomic E-state index is -4.25. The largest absolute Gasteiger partial charge is 0.493 e. The van der Waals surface area contributed by atoms with Gasteiger partial charge in [0.1, 0.15) is 16.5 Å². The highest BCUT2D eigenvalue weighted by Gasteiger charge is 2.28. The molecule has 8 nitrogen and oxygen atoms in total. The van der Waals surface area contributed by atoms with Crippen molar-refractivity contribution in [1.82, 2.24) is 15.2 Å². The summed E-state index contributed by atoms with van der Waals surface area (Å²) >= 11 is 7.58. The molecular weight excluding hydrogens is 537 g/mol. The second-order valence-electron chi connectivity index (χ2n) is 9.39. The number of benzene rings is 2. The van der Waals surface area contributed by atoms with Crippen molar-refractivity contribution < 1.29 is 17.5 Å². The summed E-state index contributed by atoms with van der Waals surface area (Å²) < 4.78 is 50.1. The highest BCUT2D eigenvalue weighted by Crippen LogP contribution is 2.34. The molecule has 2 atom stereocenters. The number of thiazole rings is 1. The van der Waals surface area contributed by atoms with Crippen LogP contribution in [0.3, 0.4) is 0 Å². The number of ether oxygens (including phenoxy) is 1. The van der Waals surface area contributed by atoms with Gasteiger partial charge in [-0.05, 0) is 77.3 Å². The minimum absolute atomic E-state index is 0.0983. The minimum Gasteiger partial charge on any atom is -0.493 e. The van der Waals surface area contributed by atoms with Crippen molar-refractivity contribution in [3.05, 3.63) is 41.2 Å². The number of nitrogens with zero attached hydrogens (tertiary/aromatic N) is 2. The molecule has 1 aliphatic carbocycles. The Hall–Kier alpha value is -2.18. The molecule has 0 spiro atoms. The lowest BCUT2D eigenvalue weighted by Crippen LogP contribution is -2.45. The van der Waals surface area contributed by atoms with Crippen molar-refractivity contribution in [3.8, 4) is 5.75 Å². The average molecular weight is 570 g/mol. The molecular formula is C25H33ClFN5O3S2. The Bertz CT molecular complexity index is 1340. The molecule has 0 aliphatic heterocycles. The average Bonchev–Trinajstić information content (AvgIpc) is 3.24. The Kier molecular flexibility index (Phi) is 9.12. The number of likely N-dealkylation sites (N-methyl/N-ethyl adjacent to an activating group) is 1. The summed E-state index contributed by atoms with van der Waals surface area (Å²) in [4.78, 5) is 5.97. The van der Waals surface area contributed by atoms with Crippen LogP contribution >= 0.6 is 22.9 Å². The number of anilines is 2. The first-order valence-corrected chi connectivity index (χ1v) is 15.0. The third-order valence-electron chi connectivity index (χ3n) is 6.47. The van der Waals surface area contributed by atoms with E-state index in [9.17, 15) is 8.42 Å². The number of halogens is 2. The van der Waals surface area contributed by atoms with E-state index in [1.165, 1.54) is 0 Å². The second-order valence-corrected chi connectivity index (χ2v) is 12.5. The van der Waals surface area contributed by atoms with Gasteiger partial charge in [-0.15, -0.1) is 0 Å². The normalized spacial score (nSPS) is 18.3. The van der Waals surface area contributed by atoms with Crippen LogP contribution in [0.25, 0.3) is 10.2 Å². The van der Waals surface area contributed by atoms with Crippen molar-refractivity contribution in [2.75, 3.05) is 44.3 Å². The Morgan fingerprint density at radius 3 is 2.76 bits per heavy atom. The van der Waals surface area contributed by atoms with Gasteiger partial charge >= 0.3 is 0 Å². The number of sulfonamides is 1. The maximum absolute atomic E-state index is 15.1. The molecule has 3 N–H and O–H groups in total. The van der Waals surface area contributed by atoms with Gasteiger partial charge in [0.25, 0.3) is 10.0 Å². The molecule has 0 saturated heterocycles. The first-order valence-electron chi connectivity index (χ1n) is 12.3. The third kappa shape index (κ3) is 6.83. The molecule has 4 rings (SSSR count). The maximum atomic E-state index is 15.1. The van der Waals surface area contributed by atoms with Crippen LogP contribution in [0.4, 0.5) is 15.2 Å². The van der Waals surface area contributed by atoms with E-state index in [1.54, 1.807) is 12.1 Å². The van der Waals surface area contributed by atoms with Crippen molar-refractivity contribution in [1.29, 1.82) is 0 Å². The monoisotopic (exact) mass is 569 g/mol. The highest BCUT2D eigenvalue weighted by molar-refractivity contribution is 7.93. The van der Waals surface area contributed by atoms with Crippen molar-refractivity contribution in [2.45, 2.75) is 49.1 Å². The molecule has 3 aromatic rings. The van der Waals surface area contributed by atoms with Gasteiger partial charge in [0.15, 0.2) is 5.13 Å². The Labute approximate surface area is 226 Å². The van der Waals surface area contributed by atoms with Crippen LogP contribution in [-0.4, -0.2) is 64.7 Å². The molecule has 1 heterocycles. The van der Waals surface area contributed by atoms with Gasteiger partial charge in [-0.2, -0.15) is 0 Å². The summed E-state index contributed by atoms with van der Waals surface area (Å²) in [7, 11) is 1.68. The molecule has 202 valence electrons. The molecule has 1 aliphatic rings. The van der Waals surface area contributed by atoms with E-state index in [0.717, 1.165) is 66.8 Å². The van der Waals surface area contributed by atoms with Crippen molar-refractivity contribution >= 4 is 54.0 Å². The van der Waals surface area contributed by atoms with Gasteiger partial charge in [-0.1, -0.05) is 35.8 Å². The number of hydrogen-bond acceptors (Lipinski definition) is 8. The SMILES string of the molecule is CNCCCOc1ccc2nc(NS(=O)(=O)c3cc(Cl)c(N[C@H]4CCCC[C@@H]4N(C)C)cc3F)sc2c1. The molecule has 12 heteroatoms. The topological polar surface area (TPSA) is 95.6 Å². The van der Waals surface area contributed by atoms with E-state index in [1.807, 2.05) is 27.2 Å². The smallest absolute Gasteiger partial charge is 0.266 e. The van der Waals surface area contributed by atoms with Gasteiger partial charge in [-0.3, -0.25) is 4.72 Å². The van der Waals surface area contributed by atoms with Crippen molar-refractivity contribution in [3.63, 3.8) is 0 Å². The van der Waals surface area contributed by atoms with Crippen molar-refractivity contribution in [2.24, 2.45) is 0 Å². The molecule has 0 radical (unpaired) electrons. The highest BCUT2D eigenvalue weighted by atomic mass is 35.5. The predicted molar refractivity (Wildman–Crippen MR) is 149 cm³/mol. The first-order chi connectivity index (χ1) is 17.7. The summed E-state index contributed by atoms with van der Waals surface area (Å²) in [6, 6.07) is 8.07. The Morgan fingerprint density at radius 2 is 2.00 bits per heavy atom. The quantitative estimate of drug-likeness (QED) is 0.274. The standard InChI is InChI=1S/C25H33ClFN5O3S2/c1-28-11-6-12-35-16-9-10-20-23(13-16)36-25(30-20)31-37(33,34)24-14-17(26)21(15-18(24)27)29-19-7-4-5-8-22(19)32(2)3/h9-10,13-15,19,22,28-29H,4-8,11-12H2,1-3H3,(H,30,31)/t19-,22-/m0/s1. The van der Waals surface area contributed by atoms with E-state index in [2.05, 4.69) is 25.2 Å². The van der Waals surface area contributed by atoms with Gasteiger partial charge in [-0.25, -0.2) is 17.8 Å². The van der Waals surface area contributed by atoms with Gasteiger partial charge < -0.3 is 20.3 Å². The fourth-order valence-corrected chi connectivity index (χ4v) is 7.09. The van der Waals surface area contributed by atoms with Crippen LogP contribution in [0.1, 0.15) is 32.1 Å².